The lowest BCUT2D eigenvalue weighted by atomic mass is 10.1. The first-order chi connectivity index (χ1) is 10.0. The maximum Gasteiger partial charge on any atom is 0.328 e. The molecule has 1 heterocycles. The minimum atomic E-state index is -0.636. The van der Waals surface area contributed by atoms with Crippen LogP contribution < -0.4 is 5.32 Å². The highest BCUT2D eigenvalue weighted by Crippen LogP contribution is 2.22. The fraction of sp³-hybridized carbons (Fsp3) is 0.375. The molecule has 0 fully saturated rings. The molecule has 2 rings (SSSR count). The van der Waals surface area contributed by atoms with Crippen molar-refractivity contribution in [2.45, 2.75) is 33.2 Å². The predicted octanol–water partition coefficient (Wildman–Crippen LogP) is 2.09. The molecule has 1 unspecified atom stereocenters. The van der Waals surface area contributed by atoms with Crippen molar-refractivity contribution in [2.24, 2.45) is 0 Å². The molecule has 21 heavy (non-hydrogen) atoms. The second-order valence-electron chi connectivity index (χ2n) is 4.99. The van der Waals surface area contributed by atoms with E-state index in [2.05, 4.69) is 10.3 Å². The van der Waals surface area contributed by atoms with Gasteiger partial charge in [0.25, 0.3) is 0 Å². The second kappa shape index (κ2) is 6.43. The molecule has 0 saturated heterocycles. The summed E-state index contributed by atoms with van der Waals surface area (Å²) < 4.78 is 4.87. The lowest BCUT2D eigenvalue weighted by Gasteiger charge is -2.12. The molecule has 1 amide bonds. The Labute approximate surface area is 123 Å². The van der Waals surface area contributed by atoms with Crippen LogP contribution in [0.25, 0.3) is 10.9 Å². The smallest absolute Gasteiger partial charge is 0.328 e. The number of H-pyrrole nitrogens is 1. The Morgan fingerprint density at radius 2 is 2.05 bits per heavy atom. The number of carbonyl (C=O) groups is 2. The van der Waals surface area contributed by atoms with Gasteiger partial charge in [0.1, 0.15) is 6.04 Å². The number of para-hydroxylation sites is 1. The molecule has 1 aromatic carbocycles. The normalized spacial score (nSPS) is 12.1. The third-order valence-corrected chi connectivity index (χ3v) is 3.38. The average molecular weight is 288 g/mol. The topological polar surface area (TPSA) is 71.2 Å². The third kappa shape index (κ3) is 3.42. The second-order valence-corrected chi connectivity index (χ2v) is 4.99. The zero-order valence-electron chi connectivity index (χ0n) is 12.5. The van der Waals surface area contributed by atoms with Gasteiger partial charge in [0, 0.05) is 16.6 Å². The first-order valence-electron chi connectivity index (χ1n) is 7.05. The Hall–Kier alpha value is -2.30. The molecule has 0 saturated carbocycles. The number of rotatable bonds is 5. The molecule has 0 bridgehead atoms. The van der Waals surface area contributed by atoms with E-state index in [-0.39, 0.29) is 12.3 Å². The summed E-state index contributed by atoms with van der Waals surface area (Å²) in [5.41, 5.74) is 2.94. The number of amides is 1. The summed E-state index contributed by atoms with van der Waals surface area (Å²) in [7, 11) is 0. The molecule has 0 aliphatic rings. The summed E-state index contributed by atoms with van der Waals surface area (Å²) in [4.78, 5) is 26.9. The van der Waals surface area contributed by atoms with Gasteiger partial charge in [-0.05, 0) is 32.4 Å². The van der Waals surface area contributed by atoms with Gasteiger partial charge >= 0.3 is 5.97 Å². The van der Waals surface area contributed by atoms with Gasteiger partial charge in [-0.1, -0.05) is 18.2 Å². The Balaban J connectivity index is 2.08. The van der Waals surface area contributed by atoms with Crippen LogP contribution >= 0.6 is 0 Å². The van der Waals surface area contributed by atoms with Crippen molar-refractivity contribution in [1.29, 1.82) is 0 Å². The van der Waals surface area contributed by atoms with Crippen molar-refractivity contribution >= 4 is 22.8 Å². The average Bonchev–Trinajstić information content (AvgIpc) is 2.75. The van der Waals surface area contributed by atoms with E-state index in [1.54, 1.807) is 13.8 Å². The lowest BCUT2D eigenvalue weighted by molar-refractivity contribution is -0.146. The predicted molar refractivity (Wildman–Crippen MR) is 81.0 cm³/mol. The van der Waals surface area contributed by atoms with Gasteiger partial charge in [-0.2, -0.15) is 0 Å². The first-order valence-corrected chi connectivity index (χ1v) is 7.05. The number of aromatic amines is 1. The zero-order valence-corrected chi connectivity index (χ0v) is 12.5. The van der Waals surface area contributed by atoms with Gasteiger partial charge in [-0.3, -0.25) is 4.79 Å². The molecule has 1 aromatic heterocycles. The minimum absolute atomic E-state index is 0.191. The number of nitrogens with one attached hydrogen (secondary N) is 2. The number of benzene rings is 1. The van der Waals surface area contributed by atoms with Crippen LogP contribution in [0.4, 0.5) is 0 Å². The van der Waals surface area contributed by atoms with Gasteiger partial charge in [-0.25, -0.2) is 4.79 Å². The SMILES string of the molecule is CCOC(=O)C(C)NC(=O)Cc1c(C)[nH]c2ccccc12. The van der Waals surface area contributed by atoms with Crippen molar-refractivity contribution < 1.29 is 14.3 Å². The fourth-order valence-electron chi connectivity index (χ4n) is 2.34. The van der Waals surface area contributed by atoms with E-state index >= 15 is 0 Å². The molecule has 5 nitrogen and oxygen atoms in total. The van der Waals surface area contributed by atoms with E-state index < -0.39 is 12.0 Å². The van der Waals surface area contributed by atoms with E-state index in [1.165, 1.54) is 0 Å². The number of fused-ring (bicyclic) bond motifs is 1. The first kappa shape index (κ1) is 15.1. The molecular formula is C16H20N2O3. The van der Waals surface area contributed by atoms with E-state index in [4.69, 9.17) is 4.74 Å². The van der Waals surface area contributed by atoms with Crippen molar-refractivity contribution in [3.05, 3.63) is 35.5 Å². The maximum absolute atomic E-state index is 12.1. The number of hydrogen-bond acceptors (Lipinski definition) is 3. The highest BCUT2D eigenvalue weighted by atomic mass is 16.5. The van der Waals surface area contributed by atoms with Gasteiger partial charge in [0.05, 0.1) is 13.0 Å². The molecule has 2 aromatic rings. The van der Waals surface area contributed by atoms with Gasteiger partial charge in [-0.15, -0.1) is 0 Å². The van der Waals surface area contributed by atoms with Crippen LogP contribution in [-0.4, -0.2) is 29.5 Å². The van der Waals surface area contributed by atoms with E-state index in [0.29, 0.717) is 6.61 Å². The zero-order chi connectivity index (χ0) is 15.4. The van der Waals surface area contributed by atoms with E-state index in [1.807, 2.05) is 31.2 Å². The highest BCUT2D eigenvalue weighted by molar-refractivity contribution is 5.91. The lowest BCUT2D eigenvalue weighted by Crippen LogP contribution is -2.40. The number of aryl methyl sites for hydroxylation is 1. The molecule has 0 spiro atoms. The Bertz CT molecular complexity index is 661. The van der Waals surface area contributed by atoms with Gasteiger partial charge in [0.15, 0.2) is 0 Å². The molecular weight excluding hydrogens is 268 g/mol. The van der Waals surface area contributed by atoms with Crippen LogP contribution in [-0.2, 0) is 20.7 Å². The number of carbonyl (C=O) groups excluding carboxylic acids is 2. The third-order valence-electron chi connectivity index (χ3n) is 3.38. The summed E-state index contributed by atoms with van der Waals surface area (Å²) in [5.74, 6) is -0.607. The summed E-state index contributed by atoms with van der Waals surface area (Å²) in [6.07, 6.45) is 0.236. The van der Waals surface area contributed by atoms with Crippen LogP contribution in [0, 0.1) is 6.92 Å². The van der Waals surface area contributed by atoms with Crippen LogP contribution in [0.5, 0.6) is 0 Å². The standard InChI is InChI=1S/C16H20N2O3/c1-4-21-16(20)11(3)18-15(19)9-13-10(2)17-14-8-6-5-7-12(13)14/h5-8,11,17H,4,9H2,1-3H3,(H,18,19). The van der Waals surface area contributed by atoms with Crippen LogP contribution in [0.2, 0.25) is 0 Å². The monoisotopic (exact) mass is 288 g/mol. The van der Waals surface area contributed by atoms with Gasteiger partial charge in [0.2, 0.25) is 5.91 Å². The Morgan fingerprint density at radius 3 is 2.76 bits per heavy atom. The molecule has 1 atom stereocenters. The molecule has 0 aliphatic carbocycles. The Kier molecular flexibility index (Phi) is 4.62. The summed E-state index contributed by atoms with van der Waals surface area (Å²) in [6, 6.07) is 7.22. The van der Waals surface area contributed by atoms with Crippen LogP contribution in [0.3, 0.4) is 0 Å². The molecule has 0 radical (unpaired) electrons. The Morgan fingerprint density at radius 1 is 1.33 bits per heavy atom. The number of ether oxygens (including phenoxy) is 1. The van der Waals surface area contributed by atoms with E-state index in [0.717, 1.165) is 22.2 Å². The van der Waals surface area contributed by atoms with Gasteiger partial charge < -0.3 is 15.0 Å². The molecule has 5 heteroatoms. The largest absolute Gasteiger partial charge is 0.464 e. The summed E-state index contributed by atoms with van der Waals surface area (Å²) in [5, 5.41) is 3.70. The number of aromatic nitrogens is 1. The molecule has 0 aliphatic heterocycles. The van der Waals surface area contributed by atoms with Crippen molar-refractivity contribution in [1.82, 2.24) is 10.3 Å². The highest BCUT2D eigenvalue weighted by Gasteiger charge is 2.18. The molecule has 2 N–H and O–H groups in total. The number of esters is 1. The van der Waals surface area contributed by atoms with Crippen molar-refractivity contribution in [3.63, 3.8) is 0 Å². The van der Waals surface area contributed by atoms with Crippen molar-refractivity contribution in [3.8, 4) is 0 Å². The quantitative estimate of drug-likeness (QED) is 0.828. The fourth-order valence-corrected chi connectivity index (χ4v) is 2.34. The summed E-state index contributed by atoms with van der Waals surface area (Å²) >= 11 is 0. The minimum Gasteiger partial charge on any atom is -0.464 e. The van der Waals surface area contributed by atoms with E-state index in [9.17, 15) is 9.59 Å². The molecule has 112 valence electrons. The summed E-state index contributed by atoms with van der Waals surface area (Å²) in [6.45, 7) is 5.61. The van der Waals surface area contributed by atoms with Crippen LogP contribution in [0.1, 0.15) is 25.1 Å². The van der Waals surface area contributed by atoms with Crippen molar-refractivity contribution in [2.75, 3.05) is 6.61 Å². The maximum atomic E-state index is 12.1. The number of hydrogen-bond donors (Lipinski definition) is 2. The van der Waals surface area contributed by atoms with Crippen LogP contribution in [0.15, 0.2) is 24.3 Å².